The van der Waals surface area contributed by atoms with Crippen molar-refractivity contribution >= 4 is 17.5 Å². The molecule has 0 unspecified atom stereocenters. The van der Waals surface area contributed by atoms with Crippen LogP contribution in [0.1, 0.15) is 22.8 Å². The minimum absolute atomic E-state index is 0.125. The summed E-state index contributed by atoms with van der Waals surface area (Å²) in [6.07, 6.45) is 1.77. The minimum Gasteiger partial charge on any atom is -0.496 e. The van der Waals surface area contributed by atoms with Crippen LogP contribution in [0.5, 0.6) is 23.0 Å². The highest BCUT2D eigenvalue weighted by Gasteiger charge is 2.17. The minimum atomic E-state index is -0.125. The largest absolute Gasteiger partial charge is 0.496 e. The average molecular weight is 355 g/mol. The second kappa shape index (κ2) is 7.39. The summed E-state index contributed by atoms with van der Waals surface area (Å²) >= 11 is 0. The first-order valence-electron chi connectivity index (χ1n) is 8.17. The number of carbonyl (C=O) groups is 1. The van der Waals surface area contributed by atoms with Crippen LogP contribution in [-0.2, 0) is 0 Å². The van der Waals surface area contributed by atoms with E-state index in [1.54, 1.807) is 44.4 Å². The van der Waals surface area contributed by atoms with E-state index in [1.165, 1.54) is 7.11 Å². The van der Waals surface area contributed by atoms with Crippen LogP contribution in [0.2, 0.25) is 0 Å². The highest BCUT2D eigenvalue weighted by Crippen LogP contribution is 2.37. The van der Waals surface area contributed by atoms with Crippen LogP contribution in [-0.4, -0.2) is 33.2 Å². The summed E-state index contributed by atoms with van der Waals surface area (Å²) in [7, 11) is 3.09. The lowest BCUT2D eigenvalue weighted by Gasteiger charge is -2.20. The van der Waals surface area contributed by atoms with Crippen LogP contribution in [0, 0.1) is 0 Å². The second-order valence-electron chi connectivity index (χ2n) is 5.85. The SMILES string of the molecule is COc1cc(C(=O)C(C)=Cc2cc3c(cc2OC)OCCO3)ccc1N. The van der Waals surface area contributed by atoms with Crippen molar-refractivity contribution in [2.75, 3.05) is 33.2 Å². The summed E-state index contributed by atoms with van der Waals surface area (Å²) in [4.78, 5) is 12.8. The topological polar surface area (TPSA) is 80.0 Å². The number of nitrogen functional groups attached to an aromatic ring is 1. The van der Waals surface area contributed by atoms with Crippen LogP contribution < -0.4 is 24.7 Å². The number of ether oxygens (including phenoxy) is 4. The number of nitrogens with two attached hydrogens (primary N) is 1. The molecule has 0 saturated carbocycles. The molecule has 1 aliphatic heterocycles. The van der Waals surface area contributed by atoms with Crippen molar-refractivity contribution in [2.24, 2.45) is 0 Å². The first kappa shape index (κ1) is 17.7. The highest BCUT2D eigenvalue weighted by atomic mass is 16.6. The van der Waals surface area contributed by atoms with Crippen molar-refractivity contribution in [3.63, 3.8) is 0 Å². The molecular formula is C20H21NO5. The Morgan fingerprint density at radius 1 is 1.04 bits per heavy atom. The molecule has 0 radical (unpaired) electrons. The fraction of sp³-hybridized carbons (Fsp3) is 0.250. The van der Waals surface area contributed by atoms with Crippen molar-refractivity contribution in [2.45, 2.75) is 6.92 Å². The smallest absolute Gasteiger partial charge is 0.188 e. The van der Waals surface area contributed by atoms with Gasteiger partial charge in [0.05, 0.1) is 19.9 Å². The lowest BCUT2D eigenvalue weighted by molar-refractivity contribution is 0.103. The highest BCUT2D eigenvalue weighted by molar-refractivity contribution is 6.11. The lowest BCUT2D eigenvalue weighted by Crippen LogP contribution is -2.15. The van der Waals surface area contributed by atoms with E-state index in [0.29, 0.717) is 53.0 Å². The fourth-order valence-electron chi connectivity index (χ4n) is 2.75. The summed E-state index contributed by atoms with van der Waals surface area (Å²) in [6.45, 7) is 2.74. The van der Waals surface area contributed by atoms with Gasteiger partial charge in [-0.25, -0.2) is 0 Å². The molecule has 0 fully saturated rings. The zero-order valence-electron chi connectivity index (χ0n) is 15.0. The molecule has 1 heterocycles. The molecule has 2 aromatic rings. The number of carbonyl (C=O) groups excluding carboxylic acids is 1. The van der Waals surface area contributed by atoms with Crippen LogP contribution >= 0.6 is 0 Å². The molecule has 6 nitrogen and oxygen atoms in total. The van der Waals surface area contributed by atoms with Gasteiger partial charge in [0.25, 0.3) is 0 Å². The number of rotatable bonds is 5. The number of allylic oxidation sites excluding steroid dienone is 1. The maximum atomic E-state index is 12.8. The van der Waals surface area contributed by atoms with Gasteiger partial charge in [0.15, 0.2) is 17.3 Å². The van der Waals surface area contributed by atoms with E-state index in [9.17, 15) is 4.79 Å². The monoisotopic (exact) mass is 355 g/mol. The fourth-order valence-corrected chi connectivity index (χ4v) is 2.75. The van der Waals surface area contributed by atoms with Crippen LogP contribution in [0.3, 0.4) is 0 Å². The predicted octanol–water partition coefficient (Wildman–Crippen LogP) is 3.34. The van der Waals surface area contributed by atoms with E-state index in [4.69, 9.17) is 24.7 Å². The van der Waals surface area contributed by atoms with Crippen molar-refractivity contribution in [3.8, 4) is 23.0 Å². The molecule has 3 rings (SSSR count). The Bertz CT molecular complexity index is 873. The molecule has 0 aliphatic carbocycles. The van der Waals surface area contributed by atoms with Gasteiger partial charge in [0.1, 0.15) is 24.7 Å². The molecule has 2 aromatic carbocycles. The third-order valence-corrected chi connectivity index (χ3v) is 4.12. The quantitative estimate of drug-likeness (QED) is 0.503. The molecule has 136 valence electrons. The molecular weight excluding hydrogens is 334 g/mol. The Balaban J connectivity index is 1.95. The Hall–Kier alpha value is -3.15. The molecule has 26 heavy (non-hydrogen) atoms. The van der Waals surface area contributed by atoms with Crippen molar-refractivity contribution in [1.82, 2.24) is 0 Å². The Morgan fingerprint density at radius 3 is 2.35 bits per heavy atom. The number of methoxy groups -OCH3 is 2. The third kappa shape index (κ3) is 3.44. The summed E-state index contributed by atoms with van der Waals surface area (Å²) in [5.41, 5.74) is 8.08. The molecule has 0 aromatic heterocycles. The lowest BCUT2D eigenvalue weighted by atomic mass is 10.0. The van der Waals surface area contributed by atoms with Gasteiger partial charge >= 0.3 is 0 Å². The molecule has 0 saturated heterocycles. The molecule has 0 spiro atoms. The molecule has 6 heteroatoms. The zero-order chi connectivity index (χ0) is 18.7. The molecule has 0 amide bonds. The summed E-state index contributed by atoms with van der Waals surface area (Å²) in [5.74, 6) is 2.23. The second-order valence-corrected chi connectivity index (χ2v) is 5.85. The number of hydrogen-bond acceptors (Lipinski definition) is 6. The van der Waals surface area contributed by atoms with E-state index in [-0.39, 0.29) is 5.78 Å². The average Bonchev–Trinajstić information content (AvgIpc) is 2.67. The summed E-state index contributed by atoms with van der Waals surface area (Å²) in [5, 5.41) is 0. The molecule has 0 bridgehead atoms. The van der Waals surface area contributed by atoms with Crippen molar-refractivity contribution in [3.05, 3.63) is 47.0 Å². The Morgan fingerprint density at radius 2 is 1.69 bits per heavy atom. The number of ketones is 1. The van der Waals surface area contributed by atoms with E-state index in [1.807, 2.05) is 6.07 Å². The predicted molar refractivity (Wildman–Crippen MR) is 99.4 cm³/mol. The standard InChI is InChI=1S/C20H21NO5/c1-12(20(22)13-4-5-15(21)17(9-13)24-3)8-14-10-18-19(11-16(14)23-2)26-7-6-25-18/h4-5,8-11H,6-7,21H2,1-3H3. The van der Waals surface area contributed by atoms with Gasteiger partial charge in [-0.3, -0.25) is 4.79 Å². The first-order valence-corrected chi connectivity index (χ1v) is 8.17. The van der Waals surface area contributed by atoms with Crippen LogP contribution in [0.4, 0.5) is 5.69 Å². The van der Waals surface area contributed by atoms with Gasteiger partial charge in [-0.15, -0.1) is 0 Å². The summed E-state index contributed by atoms with van der Waals surface area (Å²) in [6, 6.07) is 8.55. The van der Waals surface area contributed by atoms with Gasteiger partial charge in [0, 0.05) is 17.2 Å². The van der Waals surface area contributed by atoms with E-state index in [0.717, 1.165) is 5.56 Å². The number of anilines is 1. The van der Waals surface area contributed by atoms with Crippen molar-refractivity contribution in [1.29, 1.82) is 0 Å². The number of fused-ring (bicyclic) bond motifs is 1. The normalized spacial score (nSPS) is 13.3. The van der Waals surface area contributed by atoms with Gasteiger partial charge in [-0.2, -0.15) is 0 Å². The number of benzene rings is 2. The van der Waals surface area contributed by atoms with Crippen LogP contribution in [0.25, 0.3) is 6.08 Å². The maximum absolute atomic E-state index is 12.8. The molecule has 0 atom stereocenters. The zero-order valence-corrected chi connectivity index (χ0v) is 15.0. The van der Waals surface area contributed by atoms with E-state index < -0.39 is 0 Å². The van der Waals surface area contributed by atoms with Gasteiger partial charge in [-0.05, 0) is 42.8 Å². The number of Topliss-reactive ketones (excluding diaryl/α,β-unsaturated/α-hetero) is 1. The Labute approximate surface area is 152 Å². The first-order chi connectivity index (χ1) is 12.5. The molecule has 1 aliphatic rings. The van der Waals surface area contributed by atoms with Gasteiger partial charge in [-0.1, -0.05) is 0 Å². The Kier molecular flexibility index (Phi) is 5.02. The number of hydrogen-bond donors (Lipinski definition) is 1. The van der Waals surface area contributed by atoms with Crippen LogP contribution in [0.15, 0.2) is 35.9 Å². The summed E-state index contributed by atoms with van der Waals surface area (Å²) < 4.78 is 21.8. The molecule has 2 N–H and O–H groups in total. The van der Waals surface area contributed by atoms with E-state index >= 15 is 0 Å². The van der Waals surface area contributed by atoms with Crippen molar-refractivity contribution < 1.29 is 23.7 Å². The third-order valence-electron chi connectivity index (χ3n) is 4.12. The van der Waals surface area contributed by atoms with Gasteiger partial charge in [0.2, 0.25) is 0 Å². The van der Waals surface area contributed by atoms with Gasteiger partial charge < -0.3 is 24.7 Å². The van der Waals surface area contributed by atoms with E-state index in [2.05, 4.69) is 0 Å². The maximum Gasteiger partial charge on any atom is 0.188 e.